The lowest BCUT2D eigenvalue weighted by molar-refractivity contribution is -0.168. The molecule has 3 aliphatic heterocycles. The highest BCUT2D eigenvalue weighted by atomic mass is 16.5. The monoisotopic (exact) mass is 285 g/mol. The van der Waals surface area contributed by atoms with Crippen molar-refractivity contribution in [1.82, 2.24) is 4.90 Å². The van der Waals surface area contributed by atoms with E-state index in [4.69, 9.17) is 14.2 Å². The lowest BCUT2D eigenvalue weighted by atomic mass is 9.83. The van der Waals surface area contributed by atoms with E-state index >= 15 is 0 Å². The molecule has 3 rings (SSSR count). The summed E-state index contributed by atoms with van der Waals surface area (Å²) in [6, 6.07) is 0.979. The zero-order chi connectivity index (χ0) is 14.0. The van der Waals surface area contributed by atoms with Crippen LogP contribution in [0.1, 0.15) is 32.6 Å². The first-order valence-corrected chi connectivity index (χ1v) is 7.92. The van der Waals surface area contributed by atoms with Crippen molar-refractivity contribution in [3.05, 3.63) is 0 Å². The van der Waals surface area contributed by atoms with Gasteiger partial charge in [-0.2, -0.15) is 0 Å². The molecular formula is C15H27NO4. The van der Waals surface area contributed by atoms with Gasteiger partial charge in [-0.3, -0.25) is 4.90 Å². The summed E-state index contributed by atoms with van der Waals surface area (Å²) in [4.78, 5) is 2.53. The molecule has 20 heavy (non-hydrogen) atoms. The number of aliphatic hydroxyl groups is 1. The van der Waals surface area contributed by atoms with Gasteiger partial charge >= 0.3 is 0 Å². The van der Waals surface area contributed by atoms with Crippen LogP contribution < -0.4 is 0 Å². The van der Waals surface area contributed by atoms with Gasteiger partial charge in [0.1, 0.15) is 0 Å². The fourth-order valence-corrected chi connectivity index (χ4v) is 3.84. The normalized spacial score (nSPS) is 39.0. The first kappa shape index (κ1) is 14.7. The van der Waals surface area contributed by atoms with Gasteiger partial charge in [-0.1, -0.05) is 0 Å². The molecule has 5 nitrogen and oxygen atoms in total. The zero-order valence-corrected chi connectivity index (χ0v) is 12.4. The summed E-state index contributed by atoms with van der Waals surface area (Å²) < 4.78 is 17.3. The number of rotatable bonds is 2. The average molecular weight is 285 g/mol. The van der Waals surface area contributed by atoms with Crippen molar-refractivity contribution < 1.29 is 19.3 Å². The first-order valence-electron chi connectivity index (χ1n) is 7.92. The van der Waals surface area contributed by atoms with E-state index in [1.165, 1.54) is 0 Å². The SMILES string of the molecule is CC1COC(CO)CN1C1CCOC2(CCOCC2)C1. The van der Waals surface area contributed by atoms with E-state index in [2.05, 4.69) is 11.8 Å². The summed E-state index contributed by atoms with van der Waals surface area (Å²) in [6.07, 6.45) is 4.20. The number of aliphatic hydroxyl groups excluding tert-OH is 1. The van der Waals surface area contributed by atoms with Gasteiger partial charge in [-0.05, 0) is 32.6 Å². The van der Waals surface area contributed by atoms with Crippen molar-refractivity contribution in [2.45, 2.75) is 56.4 Å². The Kier molecular flexibility index (Phi) is 4.62. The molecule has 0 amide bonds. The van der Waals surface area contributed by atoms with E-state index in [-0.39, 0.29) is 18.3 Å². The van der Waals surface area contributed by atoms with Crippen LogP contribution in [0.4, 0.5) is 0 Å². The first-order chi connectivity index (χ1) is 9.72. The molecule has 3 unspecified atom stereocenters. The molecule has 3 aliphatic rings. The van der Waals surface area contributed by atoms with Crippen LogP contribution in [-0.2, 0) is 14.2 Å². The van der Waals surface area contributed by atoms with Gasteiger partial charge in [0.05, 0.1) is 24.9 Å². The summed E-state index contributed by atoms with van der Waals surface area (Å²) >= 11 is 0. The zero-order valence-electron chi connectivity index (χ0n) is 12.4. The molecule has 3 fully saturated rings. The van der Waals surface area contributed by atoms with Crippen LogP contribution in [0.25, 0.3) is 0 Å². The van der Waals surface area contributed by atoms with E-state index < -0.39 is 0 Å². The van der Waals surface area contributed by atoms with Crippen molar-refractivity contribution in [3.63, 3.8) is 0 Å². The van der Waals surface area contributed by atoms with Gasteiger partial charge in [0.25, 0.3) is 0 Å². The number of hydrogen-bond donors (Lipinski definition) is 1. The molecule has 0 aromatic rings. The molecule has 3 saturated heterocycles. The molecule has 116 valence electrons. The van der Waals surface area contributed by atoms with Crippen LogP contribution in [0.3, 0.4) is 0 Å². The third-order valence-corrected chi connectivity index (χ3v) is 5.10. The Morgan fingerprint density at radius 3 is 2.80 bits per heavy atom. The predicted octanol–water partition coefficient (Wildman–Crippen LogP) is 0.796. The van der Waals surface area contributed by atoms with Crippen molar-refractivity contribution >= 4 is 0 Å². The maximum absolute atomic E-state index is 9.34. The molecule has 0 aromatic heterocycles. The standard InChI is InChI=1S/C15H27NO4/c1-12-11-19-14(10-17)9-16(12)13-2-5-20-15(8-13)3-6-18-7-4-15/h12-14,17H,2-11H2,1H3. The minimum Gasteiger partial charge on any atom is -0.394 e. The molecule has 1 spiro atoms. The van der Waals surface area contributed by atoms with Gasteiger partial charge in [0.15, 0.2) is 0 Å². The number of nitrogens with zero attached hydrogens (tertiary/aromatic N) is 1. The van der Waals surface area contributed by atoms with Crippen molar-refractivity contribution in [2.24, 2.45) is 0 Å². The van der Waals surface area contributed by atoms with E-state index in [0.29, 0.717) is 12.1 Å². The minimum absolute atomic E-state index is 0.0281. The molecule has 0 radical (unpaired) electrons. The second-order valence-corrected chi connectivity index (χ2v) is 6.47. The third-order valence-electron chi connectivity index (χ3n) is 5.10. The molecule has 3 heterocycles. The van der Waals surface area contributed by atoms with Crippen molar-refractivity contribution in [2.75, 3.05) is 39.6 Å². The number of hydrogen-bond acceptors (Lipinski definition) is 5. The molecule has 5 heteroatoms. The molecule has 0 aromatic carbocycles. The lowest BCUT2D eigenvalue weighted by Gasteiger charge is -2.49. The van der Waals surface area contributed by atoms with Crippen LogP contribution in [0.15, 0.2) is 0 Å². The second-order valence-electron chi connectivity index (χ2n) is 6.47. The summed E-state index contributed by atoms with van der Waals surface area (Å²) in [5.41, 5.74) is 0.0356. The fraction of sp³-hybridized carbons (Fsp3) is 1.00. The van der Waals surface area contributed by atoms with E-state index in [9.17, 15) is 5.11 Å². The van der Waals surface area contributed by atoms with Gasteiger partial charge in [-0.25, -0.2) is 0 Å². The van der Waals surface area contributed by atoms with Crippen LogP contribution >= 0.6 is 0 Å². The van der Waals surface area contributed by atoms with Gasteiger partial charge in [-0.15, -0.1) is 0 Å². The van der Waals surface area contributed by atoms with Gasteiger partial charge in [0.2, 0.25) is 0 Å². The van der Waals surface area contributed by atoms with Crippen LogP contribution in [-0.4, -0.2) is 73.4 Å². The Hall–Kier alpha value is -0.200. The van der Waals surface area contributed by atoms with Gasteiger partial charge in [0, 0.05) is 38.4 Å². The summed E-state index contributed by atoms with van der Waals surface area (Å²) in [6.45, 7) is 6.40. The number of morpholine rings is 1. The molecule has 0 saturated carbocycles. The van der Waals surface area contributed by atoms with Gasteiger partial charge < -0.3 is 19.3 Å². The smallest absolute Gasteiger partial charge is 0.0933 e. The fourth-order valence-electron chi connectivity index (χ4n) is 3.84. The van der Waals surface area contributed by atoms with Crippen LogP contribution in [0, 0.1) is 0 Å². The molecule has 1 N–H and O–H groups in total. The Morgan fingerprint density at radius 2 is 2.05 bits per heavy atom. The molecular weight excluding hydrogens is 258 g/mol. The molecule has 0 aliphatic carbocycles. The molecule has 3 atom stereocenters. The van der Waals surface area contributed by atoms with Crippen LogP contribution in [0.5, 0.6) is 0 Å². The Morgan fingerprint density at radius 1 is 1.25 bits per heavy atom. The quantitative estimate of drug-likeness (QED) is 0.813. The average Bonchev–Trinajstić information content (AvgIpc) is 2.48. The highest BCUT2D eigenvalue weighted by molar-refractivity contribution is 4.94. The maximum atomic E-state index is 9.34. The van der Waals surface area contributed by atoms with E-state index in [1.807, 2.05) is 0 Å². The summed E-state index contributed by atoms with van der Waals surface area (Å²) in [5, 5.41) is 9.34. The highest BCUT2D eigenvalue weighted by Gasteiger charge is 2.42. The van der Waals surface area contributed by atoms with E-state index in [1.54, 1.807) is 0 Å². The summed E-state index contributed by atoms with van der Waals surface area (Å²) in [5.74, 6) is 0. The van der Waals surface area contributed by atoms with E-state index in [0.717, 1.165) is 58.7 Å². The summed E-state index contributed by atoms with van der Waals surface area (Å²) in [7, 11) is 0. The predicted molar refractivity (Wildman–Crippen MR) is 74.8 cm³/mol. The Labute approximate surface area is 121 Å². The second kappa shape index (κ2) is 6.28. The largest absolute Gasteiger partial charge is 0.394 e. The highest BCUT2D eigenvalue weighted by Crippen LogP contribution is 2.37. The Bertz CT molecular complexity index is 313. The van der Waals surface area contributed by atoms with Crippen molar-refractivity contribution in [1.29, 1.82) is 0 Å². The topological polar surface area (TPSA) is 51.2 Å². The minimum atomic E-state index is -0.0281. The third kappa shape index (κ3) is 3.02. The number of ether oxygens (including phenoxy) is 3. The van der Waals surface area contributed by atoms with Crippen molar-refractivity contribution in [3.8, 4) is 0 Å². The van der Waals surface area contributed by atoms with Crippen LogP contribution in [0.2, 0.25) is 0 Å². The Balaban J connectivity index is 1.66. The molecule has 0 bridgehead atoms. The maximum Gasteiger partial charge on any atom is 0.0933 e. The lowest BCUT2D eigenvalue weighted by Crippen LogP contribution is -2.58.